The molecule has 30 heavy (non-hydrogen) atoms. The van der Waals surface area contributed by atoms with E-state index in [-0.39, 0.29) is 17.2 Å². The molecule has 1 saturated carbocycles. The molecule has 1 aliphatic carbocycles. The molecule has 0 unspecified atom stereocenters. The zero-order valence-corrected chi connectivity index (χ0v) is 17.2. The molecule has 3 rings (SSSR count). The zero-order chi connectivity index (χ0) is 21.9. The minimum atomic E-state index is -0.977. The molecule has 1 N–H and O–H groups in total. The highest BCUT2D eigenvalue weighted by Gasteiger charge is 2.43. The standard InChI is InChI=1S/C21H26N4O5/c1-14-4-3-9-24(11-14)17-8-5-15(10-18(17)25(28)29)20(27)30-12-19(26)23-21(2,13-22)16-6-7-16/h5,8,10,14,16H,3-4,6-7,9,11-12H2,1-2H3,(H,23,26)/t14-,21-/m0/s1. The van der Waals surface area contributed by atoms with E-state index in [4.69, 9.17) is 4.74 Å². The van der Waals surface area contributed by atoms with Gasteiger partial charge in [0.25, 0.3) is 11.6 Å². The van der Waals surface area contributed by atoms with Crippen molar-refractivity contribution in [3.8, 4) is 6.07 Å². The predicted molar refractivity (Wildman–Crippen MR) is 109 cm³/mol. The Morgan fingerprint density at radius 3 is 2.73 bits per heavy atom. The van der Waals surface area contributed by atoms with Crippen LogP contribution in [0.25, 0.3) is 0 Å². The van der Waals surface area contributed by atoms with Gasteiger partial charge < -0.3 is 15.0 Å². The zero-order valence-electron chi connectivity index (χ0n) is 17.2. The number of benzene rings is 1. The van der Waals surface area contributed by atoms with Crippen LogP contribution in [0.5, 0.6) is 0 Å². The van der Waals surface area contributed by atoms with E-state index in [1.807, 2.05) is 4.90 Å². The molecule has 1 amide bonds. The third-order valence-electron chi connectivity index (χ3n) is 5.77. The lowest BCUT2D eigenvalue weighted by Gasteiger charge is -2.32. The number of nitriles is 1. The molecule has 2 fully saturated rings. The lowest BCUT2D eigenvalue weighted by molar-refractivity contribution is -0.384. The van der Waals surface area contributed by atoms with E-state index >= 15 is 0 Å². The van der Waals surface area contributed by atoms with Gasteiger partial charge in [0.05, 0.1) is 16.6 Å². The summed E-state index contributed by atoms with van der Waals surface area (Å²) in [6.07, 6.45) is 3.79. The second-order valence-electron chi connectivity index (χ2n) is 8.37. The molecule has 2 atom stereocenters. The summed E-state index contributed by atoms with van der Waals surface area (Å²) in [7, 11) is 0. The van der Waals surface area contributed by atoms with Crippen LogP contribution in [0, 0.1) is 33.3 Å². The number of anilines is 1. The highest BCUT2D eigenvalue weighted by atomic mass is 16.6. The first-order valence-electron chi connectivity index (χ1n) is 10.2. The van der Waals surface area contributed by atoms with E-state index in [1.165, 1.54) is 12.1 Å². The summed E-state index contributed by atoms with van der Waals surface area (Å²) in [5.74, 6) is -0.851. The molecule has 0 aromatic heterocycles. The molecule has 0 bridgehead atoms. The average Bonchev–Trinajstić information content (AvgIpc) is 3.57. The normalized spacial score (nSPS) is 20.6. The largest absolute Gasteiger partial charge is 0.452 e. The van der Waals surface area contributed by atoms with Crippen molar-refractivity contribution < 1.29 is 19.2 Å². The molecule has 160 valence electrons. The van der Waals surface area contributed by atoms with Crippen LogP contribution in [0.15, 0.2) is 18.2 Å². The summed E-state index contributed by atoms with van der Waals surface area (Å²) in [6.45, 7) is 4.66. The van der Waals surface area contributed by atoms with Gasteiger partial charge in [-0.05, 0) is 56.6 Å². The second-order valence-corrected chi connectivity index (χ2v) is 8.37. The van der Waals surface area contributed by atoms with Crippen LogP contribution in [0.4, 0.5) is 11.4 Å². The summed E-state index contributed by atoms with van der Waals surface area (Å²) < 4.78 is 5.02. The SMILES string of the molecule is C[C@H]1CCCN(c2ccc(C(=O)OCC(=O)N[C@@](C)(C#N)C3CC3)cc2[N+](=O)[O-])C1. The fraction of sp³-hybridized carbons (Fsp3) is 0.571. The molecule has 0 radical (unpaired) electrons. The molecule has 1 aromatic carbocycles. The first-order chi connectivity index (χ1) is 14.2. The number of nitrogens with one attached hydrogen (secondary N) is 1. The lowest BCUT2D eigenvalue weighted by Crippen LogP contribution is -2.48. The minimum absolute atomic E-state index is 0.00791. The van der Waals surface area contributed by atoms with Crippen LogP contribution in [0.2, 0.25) is 0 Å². The number of nitro benzene ring substituents is 1. The Morgan fingerprint density at radius 1 is 1.40 bits per heavy atom. The minimum Gasteiger partial charge on any atom is -0.452 e. The Kier molecular flexibility index (Phi) is 6.25. The van der Waals surface area contributed by atoms with E-state index in [1.54, 1.807) is 13.0 Å². The van der Waals surface area contributed by atoms with Crippen LogP contribution in [-0.2, 0) is 9.53 Å². The van der Waals surface area contributed by atoms with Gasteiger partial charge in [-0.1, -0.05) is 6.92 Å². The fourth-order valence-electron chi connectivity index (χ4n) is 3.89. The molecular weight excluding hydrogens is 388 g/mol. The van der Waals surface area contributed by atoms with Crippen molar-refractivity contribution >= 4 is 23.3 Å². The van der Waals surface area contributed by atoms with E-state index in [2.05, 4.69) is 18.3 Å². The summed E-state index contributed by atoms with van der Waals surface area (Å²) in [4.78, 5) is 37.5. The number of ether oxygens (including phenoxy) is 1. The van der Waals surface area contributed by atoms with Crippen molar-refractivity contribution in [1.29, 1.82) is 5.26 Å². The number of hydrogen-bond donors (Lipinski definition) is 1. The van der Waals surface area contributed by atoms with Crippen molar-refractivity contribution in [2.24, 2.45) is 11.8 Å². The molecule has 9 heteroatoms. The van der Waals surface area contributed by atoms with E-state index in [9.17, 15) is 25.0 Å². The number of esters is 1. The first kappa shape index (κ1) is 21.6. The van der Waals surface area contributed by atoms with Gasteiger partial charge in [-0.15, -0.1) is 0 Å². The quantitative estimate of drug-likeness (QED) is 0.413. The molecular formula is C21H26N4O5. The predicted octanol–water partition coefficient (Wildman–Crippen LogP) is 2.80. The van der Waals surface area contributed by atoms with Gasteiger partial charge in [0.2, 0.25) is 0 Å². The number of nitrogens with zero attached hydrogens (tertiary/aromatic N) is 3. The summed E-state index contributed by atoms with van der Waals surface area (Å²) >= 11 is 0. The molecule has 2 aliphatic rings. The van der Waals surface area contributed by atoms with Gasteiger partial charge in [-0.2, -0.15) is 5.26 Å². The highest BCUT2D eigenvalue weighted by molar-refractivity contribution is 5.93. The number of rotatable bonds is 7. The van der Waals surface area contributed by atoms with Gasteiger partial charge in [0.1, 0.15) is 11.2 Å². The number of piperidine rings is 1. The summed E-state index contributed by atoms with van der Waals surface area (Å²) in [5.41, 5.74) is -0.646. The highest BCUT2D eigenvalue weighted by Crippen LogP contribution is 2.39. The molecule has 0 spiro atoms. The van der Waals surface area contributed by atoms with Crippen molar-refractivity contribution in [3.63, 3.8) is 0 Å². The number of nitro groups is 1. The van der Waals surface area contributed by atoms with E-state index in [0.29, 0.717) is 11.6 Å². The smallest absolute Gasteiger partial charge is 0.338 e. The van der Waals surface area contributed by atoms with Gasteiger partial charge in [-0.25, -0.2) is 4.79 Å². The van der Waals surface area contributed by atoms with Crippen molar-refractivity contribution in [2.45, 2.75) is 45.1 Å². The van der Waals surface area contributed by atoms with E-state index < -0.39 is 28.9 Å². The van der Waals surface area contributed by atoms with Crippen LogP contribution in [0.1, 0.15) is 49.9 Å². The Hall–Kier alpha value is -3.15. The van der Waals surface area contributed by atoms with Crippen LogP contribution < -0.4 is 10.2 Å². The topological polar surface area (TPSA) is 126 Å². The van der Waals surface area contributed by atoms with Crippen LogP contribution >= 0.6 is 0 Å². The molecule has 9 nitrogen and oxygen atoms in total. The van der Waals surface area contributed by atoms with E-state index in [0.717, 1.165) is 38.8 Å². The molecule has 1 heterocycles. The van der Waals surface area contributed by atoms with Gasteiger partial charge in [0, 0.05) is 19.2 Å². The molecule has 1 aromatic rings. The first-order valence-corrected chi connectivity index (χ1v) is 10.2. The Bertz CT molecular complexity index is 892. The van der Waals surface area contributed by atoms with Crippen molar-refractivity contribution in [2.75, 3.05) is 24.6 Å². The van der Waals surface area contributed by atoms with Crippen LogP contribution in [-0.4, -0.2) is 42.0 Å². The summed E-state index contributed by atoms with van der Waals surface area (Å²) in [5, 5.41) is 23.5. The number of carbonyl (C=O) groups excluding carboxylic acids is 2. The number of hydrogen-bond acceptors (Lipinski definition) is 7. The van der Waals surface area contributed by atoms with Crippen molar-refractivity contribution in [1.82, 2.24) is 5.32 Å². The summed E-state index contributed by atoms with van der Waals surface area (Å²) in [6, 6.07) is 6.33. The fourth-order valence-corrected chi connectivity index (χ4v) is 3.89. The Balaban J connectivity index is 1.65. The second kappa shape index (κ2) is 8.69. The maximum Gasteiger partial charge on any atom is 0.338 e. The number of carbonyl (C=O) groups is 2. The third-order valence-corrected chi connectivity index (χ3v) is 5.77. The third kappa shape index (κ3) is 4.87. The number of amides is 1. The Labute approximate surface area is 175 Å². The average molecular weight is 414 g/mol. The van der Waals surface area contributed by atoms with Crippen LogP contribution in [0.3, 0.4) is 0 Å². The van der Waals surface area contributed by atoms with Gasteiger partial charge in [0.15, 0.2) is 6.61 Å². The van der Waals surface area contributed by atoms with Gasteiger partial charge in [-0.3, -0.25) is 14.9 Å². The monoisotopic (exact) mass is 414 g/mol. The maximum absolute atomic E-state index is 12.3. The molecule has 1 saturated heterocycles. The lowest BCUT2D eigenvalue weighted by atomic mass is 9.98. The van der Waals surface area contributed by atoms with Gasteiger partial charge >= 0.3 is 5.97 Å². The molecule has 1 aliphatic heterocycles. The maximum atomic E-state index is 12.3. The Morgan fingerprint density at radius 2 is 2.13 bits per heavy atom. The van der Waals surface area contributed by atoms with Crippen molar-refractivity contribution in [3.05, 3.63) is 33.9 Å².